The van der Waals surface area contributed by atoms with E-state index in [9.17, 15) is 13.2 Å². The van der Waals surface area contributed by atoms with Crippen LogP contribution in [0.4, 0.5) is 13.2 Å². The molecule has 0 aliphatic heterocycles. The Labute approximate surface area is 108 Å². The highest BCUT2D eigenvalue weighted by Crippen LogP contribution is 2.15. The van der Waals surface area contributed by atoms with Crippen molar-refractivity contribution in [3.63, 3.8) is 0 Å². The smallest absolute Gasteiger partial charge is 0.370 e. The molecule has 0 spiro atoms. The van der Waals surface area contributed by atoms with E-state index in [1.807, 2.05) is 0 Å². The van der Waals surface area contributed by atoms with E-state index in [1.54, 1.807) is 0 Å². The molecule has 0 rings (SSSR count). The quantitative estimate of drug-likeness (QED) is 0.575. The standard InChI is InChI=1S/C13H26F3NO/c1-2-3-4-5-6-7-8-9-12(17)10-18-11-13(14,15)16/h12H,2-11,17H2,1H3. The number of hydrogen-bond donors (Lipinski definition) is 1. The summed E-state index contributed by atoms with van der Waals surface area (Å²) in [4.78, 5) is 0. The summed E-state index contributed by atoms with van der Waals surface area (Å²) in [5, 5.41) is 0. The Morgan fingerprint density at radius 2 is 1.56 bits per heavy atom. The first-order valence-electron chi connectivity index (χ1n) is 6.85. The monoisotopic (exact) mass is 269 g/mol. The van der Waals surface area contributed by atoms with Gasteiger partial charge in [0, 0.05) is 6.04 Å². The van der Waals surface area contributed by atoms with Crippen LogP contribution in [0.1, 0.15) is 58.3 Å². The van der Waals surface area contributed by atoms with Crippen LogP contribution in [0.15, 0.2) is 0 Å². The molecule has 0 aromatic heterocycles. The predicted octanol–water partition coefficient (Wildman–Crippen LogP) is 4.03. The van der Waals surface area contributed by atoms with Crippen LogP contribution in [0.25, 0.3) is 0 Å². The summed E-state index contributed by atoms with van der Waals surface area (Å²) in [5.74, 6) is 0. The van der Waals surface area contributed by atoms with Gasteiger partial charge in [0.05, 0.1) is 6.61 Å². The molecule has 0 aliphatic carbocycles. The fraction of sp³-hybridized carbons (Fsp3) is 1.00. The van der Waals surface area contributed by atoms with Crippen LogP contribution in [-0.2, 0) is 4.74 Å². The van der Waals surface area contributed by atoms with Crippen LogP contribution in [0, 0.1) is 0 Å². The lowest BCUT2D eigenvalue weighted by molar-refractivity contribution is -0.174. The number of unbranched alkanes of at least 4 members (excludes halogenated alkanes) is 6. The first kappa shape index (κ1) is 17.7. The Balaban J connectivity index is 3.24. The van der Waals surface area contributed by atoms with Gasteiger partial charge in [-0.1, -0.05) is 51.9 Å². The second-order valence-electron chi connectivity index (χ2n) is 4.80. The van der Waals surface area contributed by atoms with Crippen molar-refractivity contribution in [2.24, 2.45) is 5.73 Å². The number of halogens is 3. The van der Waals surface area contributed by atoms with Gasteiger partial charge in [-0.3, -0.25) is 0 Å². The van der Waals surface area contributed by atoms with Crippen LogP contribution in [0.2, 0.25) is 0 Å². The first-order valence-corrected chi connectivity index (χ1v) is 6.85. The van der Waals surface area contributed by atoms with Crippen LogP contribution < -0.4 is 5.73 Å². The number of rotatable bonds is 11. The summed E-state index contributed by atoms with van der Waals surface area (Å²) < 4.78 is 39.9. The Morgan fingerprint density at radius 3 is 2.11 bits per heavy atom. The van der Waals surface area contributed by atoms with Crippen molar-refractivity contribution in [3.05, 3.63) is 0 Å². The third-order valence-electron chi connectivity index (χ3n) is 2.78. The number of alkyl halides is 3. The largest absolute Gasteiger partial charge is 0.411 e. The lowest BCUT2D eigenvalue weighted by Crippen LogP contribution is -2.29. The number of nitrogens with two attached hydrogens (primary N) is 1. The van der Waals surface area contributed by atoms with E-state index >= 15 is 0 Å². The minimum Gasteiger partial charge on any atom is -0.370 e. The van der Waals surface area contributed by atoms with Crippen molar-refractivity contribution < 1.29 is 17.9 Å². The molecule has 2 nitrogen and oxygen atoms in total. The van der Waals surface area contributed by atoms with E-state index in [0.717, 1.165) is 19.3 Å². The summed E-state index contributed by atoms with van der Waals surface area (Å²) in [6.07, 6.45) is 4.80. The molecule has 0 radical (unpaired) electrons. The van der Waals surface area contributed by atoms with Crippen molar-refractivity contribution in [3.8, 4) is 0 Å². The molecule has 5 heteroatoms. The Morgan fingerprint density at radius 1 is 1.00 bits per heavy atom. The highest BCUT2D eigenvalue weighted by Gasteiger charge is 2.27. The minimum atomic E-state index is -4.25. The van der Waals surface area contributed by atoms with E-state index < -0.39 is 12.8 Å². The summed E-state index contributed by atoms with van der Waals surface area (Å²) in [7, 11) is 0. The van der Waals surface area contributed by atoms with Crippen molar-refractivity contribution in [2.45, 2.75) is 70.5 Å². The van der Waals surface area contributed by atoms with Gasteiger partial charge in [-0.25, -0.2) is 0 Å². The summed E-state index contributed by atoms with van der Waals surface area (Å²) in [5.41, 5.74) is 5.67. The van der Waals surface area contributed by atoms with Crippen molar-refractivity contribution in [2.75, 3.05) is 13.2 Å². The van der Waals surface area contributed by atoms with Crippen molar-refractivity contribution in [1.29, 1.82) is 0 Å². The maximum absolute atomic E-state index is 11.8. The molecule has 1 atom stereocenters. The fourth-order valence-corrected chi connectivity index (χ4v) is 1.77. The zero-order valence-corrected chi connectivity index (χ0v) is 11.3. The first-order chi connectivity index (χ1) is 8.45. The highest BCUT2D eigenvalue weighted by atomic mass is 19.4. The Bertz CT molecular complexity index is 186. The normalized spacial score (nSPS) is 13.8. The molecule has 0 fully saturated rings. The minimum absolute atomic E-state index is 0.00462. The SMILES string of the molecule is CCCCCCCCCC(N)COCC(F)(F)F. The maximum Gasteiger partial charge on any atom is 0.411 e. The predicted molar refractivity (Wildman–Crippen MR) is 67.5 cm³/mol. The van der Waals surface area contributed by atoms with Gasteiger partial charge in [0.1, 0.15) is 6.61 Å². The molecule has 0 bridgehead atoms. The molecule has 110 valence electrons. The van der Waals surface area contributed by atoms with Crippen molar-refractivity contribution in [1.82, 2.24) is 0 Å². The Hall–Kier alpha value is -0.290. The fourth-order valence-electron chi connectivity index (χ4n) is 1.77. The van der Waals surface area contributed by atoms with Gasteiger partial charge < -0.3 is 10.5 Å². The molecule has 0 heterocycles. The number of hydrogen-bond acceptors (Lipinski definition) is 2. The van der Waals surface area contributed by atoms with Gasteiger partial charge in [-0.2, -0.15) is 13.2 Å². The second kappa shape index (κ2) is 10.6. The molecule has 2 N–H and O–H groups in total. The van der Waals surface area contributed by atoms with Gasteiger partial charge in [0.25, 0.3) is 0 Å². The van der Waals surface area contributed by atoms with Gasteiger partial charge in [-0.15, -0.1) is 0 Å². The van der Waals surface area contributed by atoms with E-state index in [4.69, 9.17) is 5.73 Å². The molecule has 0 aromatic carbocycles. The summed E-state index contributed by atoms with van der Waals surface area (Å²) in [6, 6.07) is -0.275. The molecule has 18 heavy (non-hydrogen) atoms. The van der Waals surface area contributed by atoms with Gasteiger partial charge in [0.2, 0.25) is 0 Å². The molecular weight excluding hydrogens is 243 g/mol. The van der Waals surface area contributed by atoms with E-state index in [0.29, 0.717) is 0 Å². The molecule has 0 aliphatic rings. The highest BCUT2D eigenvalue weighted by molar-refractivity contribution is 4.61. The summed E-state index contributed by atoms with van der Waals surface area (Å²) in [6.45, 7) is 0.979. The third kappa shape index (κ3) is 13.8. The van der Waals surface area contributed by atoms with E-state index in [-0.39, 0.29) is 12.6 Å². The van der Waals surface area contributed by atoms with Crippen LogP contribution in [0.3, 0.4) is 0 Å². The Kier molecular flexibility index (Phi) is 10.4. The van der Waals surface area contributed by atoms with Crippen LogP contribution >= 0.6 is 0 Å². The average Bonchev–Trinajstić information content (AvgIpc) is 2.26. The molecular formula is C13H26F3NO. The maximum atomic E-state index is 11.8. The van der Waals surface area contributed by atoms with E-state index in [2.05, 4.69) is 11.7 Å². The van der Waals surface area contributed by atoms with Gasteiger partial charge in [-0.05, 0) is 6.42 Å². The molecule has 1 unspecified atom stereocenters. The number of ether oxygens (including phenoxy) is 1. The zero-order valence-electron chi connectivity index (χ0n) is 11.3. The summed E-state index contributed by atoms with van der Waals surface area (Å²) >= 11 is 0. The third-order valence-corrected chi connectivity index (χ3v) is 2.78. The molecule has 0 saturated carbocycles. The van der Waals surface area contributed by atoms with Gasteiger partial charge in [0.15, 0.2) is 0 Å². The lowest BCUT2D eigenvalue weighted by atomic mass is 10.1. The molecule has 0 saturated heterocycles. The lowest BCUT2D eigenvalue weighted by Gasteiger charge is -2.13. The van der Waals surface area contributed by atoms with Gasteiger partial charge >= 0.3 is 6.18 Å². The molecule has 0 amide bonds. The zero-order chi connectivity index (χ0) is 13.9. The van der Waals surface area contributed by atoms with E-state index in [1.165, 1.54) is 32.1 Å². The molecule has 0 aromatic rings. The topological polar surface area (TPSA) is 35.2 Å². The average molecular weight is 269 g/mol. The second-order valence-corrected chi connectivity index (χ2v) is 4.80. The van der Waals surface area contributed by atoms with Crippen LogP contribution in [0.5, 0.6) is 0 Å². The van der Waals surface area contributed by atoms with Crippen molar-refractivity contribution >= 4 is 0 Å². The van der Waals surface area contributed by atoms with Crippen LogP contribution in [-0.4, -0.2) is 25.4 Å².